The first-order valence-corrected chi connectivity index (χ1v) is 10.3. The largest absolute Gasteiger partial charge is 0.493 e. The standard InChI is InChI=1S/C23H21N3O2S/c1-27-19-13-12-15(14-20(19)28-2)22-24-17-9-5-4-8-16(17)23(26-22)25-18-10-6-7-11-21(18)29-3/h4-14H,1-3H3,(H,24,25,26). The third kappa shape index (κ3) is 3.84. The fourth-order valence-corrected chi connectivity index (χ4v) is 3.71. The Hall–Kier alpha value is -3.25. The first-order chi connectivity index (χ1) is 14.2. The molecule has 0 amide bonds. The summed E-state index contributed by atoms with van der Waals surface area (Å²) in [5, 5.41) is 4.47. The van der Waals surface area contributed by atoms with Gasteiger partial charge in [0.2, 0.25) is 0 Å². The van der Waals surface area contributed by atoms with Crippen molar-refractivity contribution in [2.75, 3.05) is 25.8 Å². The molecule has 4 aromatic rings. The maximum atomic E-state index is 5.44. The van der Waals surface area contributed by atoms with Crippen molar-refractivity contribution < 1.29 is 9.47 Å². The first-order valence-electron chi connectivity index (χ1n) is 9.12. The summed E-state index contributed by atoms with van der Waals surface area (Å²) in [6.07, 6.45) is 2.06. The van der Waals surface area contributed by atoms with E-state index >= 15 is 0 Å². The third-order valence-electron chi connectivity index (χ3n) is 4.61. The molecule has 1 heterocycles. The highest BCUT2D eigenvalue weighted by Gasteiger charge is 2.13. The predicted molar refractivity (Wildman–Crippen MR) is 120 cm³/mol. The van der Waals surface area contributed by atoms with E-state index in [-0.39, 0.29) is 0 Å². The van der Waals surface area contributed by atoms with Crippen LogP contribution in [0.1, 0.15) is 0 Å². The Kier molecular flexibility index (Phi) is 5.53. The van der Waals surface area contributed by atoms with Crippen molar-refractivity contribution in [3.8, 4) is 22.9 Å². The lowest BCUT2D eigenvalue weighted by atomic mass is 10.1. The van der Waals surface area contributed by atoms with E-state index in [9.17, 15) is 0 Å². The Morgan fingerprint density at radius 2 is 1.59 bits per heavy atom. The zero-order valence-electron chi connectivity index (χ0n) is 16.5. The quantitative estimate of drug-likeness (QED) is 0.412. The number of para-hydroxylation sites is 2. The molecule has 0 fully saturated rings. The number of nitrogens with one attached hydrogen (secondary N) is 1. The molecule has 0 aliphatic rings. The van der Waals surface area contributed by atoms with Crippen LogP contribution in [0.5, 0.6) is 11.5 Å². The molecule has 4 rings (SSSR count). The van der Waals surface area contributed by atoms with E-state index in [1.807, 2.05) is 54.6 Å². The van der Waals surface area contributed by atoms with E-state index in [2.05, 4.69) is 23.7 Å². The molecule has 0 aliphatic carbocycles. The highest BCUT2D eigenvalue weighted by molar-refractivity contribution is 7.98. The van der Waals surface area contributed by atoms with Gasteiger partial charge in [-0.3, -0.25) is 0 Å². The Labute approximate surface area is 174 Å². The molecule has 1 aromatic heterocycles. The molecule has 1 N–H and O–H groups in total. The number of thioether (sulfide) groups is 1. The average Bonchev–Trinajstić information content (AvgIpc) is 2.78. The van der Waals surface area contributed by atoms with Gasteiger partial charge >= 0.3 is 0 Å². The van der Waals surface area contributed by atoms with Crippen LogP contribution >= 0.6 is 11.8 Å². The number of aromatic nitrogens is 2. The second kappa shape index (κ2) is 8.41. The Bertz CT molecular complexity index is 1160. The maximum absolute atomic E-state index is 5.44. The van der Waals surface area contributed by atoms with Crippen LogP contribution < -0.4 is 14.8 Å². The summed E-state index contributed by atoms with van der Waals surface area (Å²) in [7, 11) is 3.24. The molecule has 146 valence electrons. The zero-order chi connectivity index (χ0) is 20.2. The summed E-state index contributed by atoms with van der Waals surface area (Å²) >= 11 is 1.69. The monoisotopic (exact) mass is 403 g/mol. The number of benzene rings is 3. The van der Waals surface area contributed by atoms with E-state index in [0.717, 1.165) is 32.9 Å². The van der Waals surface area contributed by atoms with E-state index < -0.39 is 0 Å². The number of anilines is 2. The predicted octanol–water partition coefficient (Wildman–Crippen LogP) is 5.78. The van der Waals surface area contributed by atoms with Crippen molar-refractivity contribution in [1.82, 2.24) is 9.97 Å². The molecule has 0 aliphatic heterocycles. The Morgan fingerprint density at radius 3 is 2.38 bits per heavy atom. The molecule has 6 heteroatoms. The van der Waals surface area contributed by atoms with Crippen molar-refractivity contribution in [2.45, 2.75) is 4.90 Å². The lowest BCUT2D eigenvalue weighted by Crippen LogP contribution is -2.00. The van der Waals surface area contributed by atoms with Crippen LogP contribution in [0.4, 0.5) is 11.5 Å². The topological polar surface area (TPSA) is 56.3 Å². The van der Waals surface area contributed by atoms with Gasteiger partial charge in [-0.15, -0.1) is 11.8 Å². The molecule has 5 nitrogen and oxygen atoms in total. The van der Waals surface area contributed by atoms with Gasteiger partial charge in [-0.25, -0.2) is 9.97 Å². The van der Waals surface area contributed by atoms with Crippen molar-refractivity contribution in [2.24, 2.45) is 0 Å². The van der Waals surface area contributed by atoms with Gasteiger partial charge < -0.3 is 14.8 Å². The zero-order valence-corrected chi connectivity index (χ0v) is 17.3. The van der Waals surface area contributed by atoms with Gasteiger partial charge in [0.15, 0.2) is 17.3 Å². The number of rotatable bonds is 6. The molecule has 0 saturated heterocycles. The average molecular weight is 404 g/mol. The lowest BCUT2D eigenvalue weighted by Gasteiger charge is -2.14. The van der Waals surface area contributed by atoms with E-state index in [0.29, 0.717) is 17.3 Å². The number of ether oxygens (including phenoxy) is 2. The second-order valence-corrected chi connectivity index (χ2v) is 7.16. The van der Waals surface area contributed by atoms with Crippen LogP contribution in [0, 0.1) is 0 Å². The molecule has 29 heavy (non-hydrogen) atoms. The smallest absolute Gasteiger partial charge is 0.162 e. The Balaban J connectivity index is 1.85. The number of methoxy groups -OCH3 is 2. The van der Waals surface area contributed by atoms with Crippen molar-refractivity contribution >= 4 is 34.2 Å². The van der Waals surface area contributed by atoms with Crippen LogP contribution in [-0.4, -0.2) is 30.4 Å². The van der Waals surface area contributed by atoms with Gasteiger partial charge in [-0.2, -0.15) is 0 Å². The fraction of sp³-hybridized carbons (Fsp3) is 0.130. The molecular weight excluding hydrogens is 382 g/mol. The molecule has 0 spiro atoms. The molecule has 0 bridgehead atoms. The van der Waals surface area contributed by atoms with Crippen molar-refractivity contribution in [3.63, 3.8) is 0 Å². The molecule has 0 unspecified atom stereocenters. The first kappa shape index (κ1) is 19.1. The van der Waals surface area contributed by atoms with Crippen molar-refractivity contribution in [1.29, 1.82) is 0 Å². The molecular formula is C23H21N3O2S. The lowest BCUT2D eigenvalue weighted by molar-refractivity contribution is 0.355. The van der Waals surface area contributed by atoms with Crippen LogP contribution in [-0.2, 0) is 0 Å². The molecule has 0 saturated carbocycles. The minimum atomic E-state index is 0.619. The van der Waals surface area contributed by atoms with Crippen LogP contribution in [0.15, 0.2) is 71.6 Å². The minimum Gasteiger partial charge on any atom is -0.493 e. The highest BCUT2D eigenvalue weighted by atomic mass is 32.2. The molecule has 0 atom stereocenters. The van der Waals surface area contributed by atoms with Crippen LogP contribution in [0.25, 0.3) is 22.3 Å². The van der Waals surface area contributed by atoms with E-state index in [4.69, 9.17) is 19.4 Å². The van der Waals surface area contributed by atoms with Gasteiger partial charge in [-0.1, -0.05) is 24.3 Å². The molecule has 3 aromatic carbocycles. The number of hydrogen-bond acceptors (Lipinski definition) is 6. The Morgan fingerprint density at radius 1 is 0.828 bits per heavy atom. The third-order valence-corrected chi connectivity index (χ3v) is 5.40. The van der Waals surface area contributed by atoms with Gasteiger partial charge in [0, 0.05) is 15.8 Å². The maximum Gasteiger partial charge on any atom is 0.162 e. The fourth-order valence-electron chi connectivity index (χ4n) is 3.15. The number of hydrogen-bond donors (Lipinski definition) is 1. The van der Waals surface area contributed by atoms with E-state index in [1.54, 1.807) is 26.0 Å². The van der Waals surface area contributed by atoms with Gasteiger partial charge in [0.1, 0.15) is 5.82 Å². The normalized spacial score (nSPS) is 10.7. The van der Waals surface area contributed by atoms with Crippen molar-refractivity contribution in [3.05, 3.63) is 66.7 Å². The van der Waals surface area contributed by atoms with Crippen LogP contribution in [0.2, 0.25) is 0 Å². The number of nitrogens with zero attached hydrogens (tertiary/aromatic N) is 2. The molecule has 0 radical (unpaired) electrons. The van der Waals surface area contributed by atoms with Gasteiger partial charge in [0.25, 0.3) is 0 Å². The summed E-state index contributed by atoms with van der Waals surface area (Å²) in [5.74, 6) is 2.70. The van der Waals surface area contributed by atoms with Gasteiger partial charge in [0.05, 0.1) is 25.4 Å². The van der Waals surface area contributed by atoms with Gasteiger partial charge in [-0.05, 0) is 48.7 Å². The highest BCUT2D eigenvalue weighted by Crippen LogP contribution is 2.34. The van der Waals surface area contributed by atoms with E-state index in [1.165, 1.54) is 0 Å². The summed E-state index contributed by atoms with van der Waals surface area (Å²) in [6.45, 7) is 0. The summed E-state index contributed by atoms with van der Waals surface area (Å²) in [4.78, 5) is 10.8. The summed E-state index contributed by atoms with van der Waals surface area (Å²) in [5.41, 5.74) is 2.74. The SMILES string of the molecule is COc1ccc(-c2nc(Nc3ccccc3SC)c3ccccc3n2)cc1OC. The summed E-state index contributed by atoms with van der Waals surface area (Å²) in [6, 6.07) is 21.9. The minimum absolute atomic E-state index is 0.619. The summed E-state index contributed by atoms with van der Waals surface area (Å²) < 4.78 is 10.8. The second-order valence-electron chi connectivity index (χ2n) is 6.31. The van der Waals surface area contributed by atoms with Crippen LogP contribution in [0.3, 0.4) is 0 Å². The number of fused-ring (bicyclic) bond motifs is 1.